The number of hydrogen-bond acceptors (Lipinski definition) is 7. The third-order valence-corrected chi connectivity index (χ3v) is 5.47. The number of esters is 1. The summed E-state index contributed by atoms with van der Waals surface area (Å²) >= 11 is 0. The highest BCUT2D eigenvalue weighted by molar-refractivity contribution is 6.07. The van der Waals surface area contributed by atoms with E-state index in [1.54, 1.807) is 75.4 Å². The molecule has 35 heavy (non-hydrogen) atoms. The third-order valence-electron chi connectivity index (χ3n) is 5.47. The molecular weight excluding hydrogens is 450 g/mol. The van der Waals surface area contributed by atoms with Gasteiger partial charge in [0.1, 0.15) is 29.4 Å². The van der Waals surface area contributed by atoms with Crippen LogP contribution in [-0.2, 0) is 15.3 Å². The minimum absolute atomic E-state index is 0.121. The second-order valence-electron chi connectivity index (χ2n) is 9.18. The Labute approximate surface area is 201 Å². The van der Waals surface area contributed by atoms with Crippen LogP contribution in [0.4, 0.5) is 4.79 Å². The van der Waals surface area contributed by atoms with Crippen LogP contribution in [0.2, 0.25) is 0 Å². The van der Waals surface area contributed by atoms with E-state index in [2.05, 4.69) is 5.32 Å². The van der Waals surface area contributed by atoms with Gasteiger partial charge in [-0.15, -0.1) is 0 Å². The molecule has 0 bridgehead atoms. The lowest BCUT2D eigenvalue weighted by atomic mass is 9.90. The summed E-state index contributed by atoms with van der Waals surface area (Å²) in [6.07, 6.45) is 2.34. The van der Waals surface area contributed by atoms with Crippen LogP contribution in [0, 0.1) is 0 Å². The summed E-state index contributed by atoms with van der Waals surface area (Å²) in [6, 6.07) is 15.8. The second-order valence-corrected chi connectivity index (χ2v) is 9.18. The van der Waals surface area contributed by atoms with Crippen molar-refractivity contribution in [2.24, 2.45) is 0 Å². The number of carbonyl (C=O) groups is 3. The van der Waals surface area contributed by atoms with Crippen molar-refractivity contribution in [3.8, 4) is 17.2 Å². The van der Waals surface area contributed by atoms with Crippen LogP contribution >= 0.6 is 0 Å². The van der Waals surface area contributed by atoms with Crippen molar-refractivity contribution in [3.05, 3.63) is 77.9 Å². The Bertz CT molecular complexity index is 1390. The fraction of sp³-hybridized carbons (Fsp3) is 0.222. The molecule has 0 aromatic heterocycles. The number of ketones is 1. The highest BCUT2D eigenvalue weighted by Crippen LogP contribution is 2.49. The minimum Gasteiger partial charge on any atom is -0.444 e. The van der Waals surface area contributed by atoms with E-state index in [0.29, 0.717) is 39.1 Å². The molecule has 0 saturated carbocycles. The van der Waals surface area contributed by atoms with Crippen molar-refractivity contribution >= 4 is 28.6 Å². The summed E-state index contributed by atoms with van der Waals surface area (Å²) < 4.78 is 23.3. The fourth-order valence-corrected chi connectivity index (χ4v) is 4.08. The van der Waals surface area contributed by atoms with Gasteiger partial charge in [-0.2, -0.15) is 0 Å². The lowest BCUT2D eigenvalue weighted by molar-refractivity contribution is -0.133. The van der Waals surface area contributed by atoms with E-state index < -0.39 is 23.5 Å². The summed E-state index contributed by atoms with van der Waals surface area (Å²) in [5, 5.41) is 3.62. The highest BCUT2D eigenvalue weighted by Gasteiger charge is 2.44. The van der Waals surface area contributed by atoms with E-state index in [1.807, 2.05) is 6.07 Å². The Kier molecular flexibility index (Phi) is 5.24. The van der Waals surface area contributed by atoms with Crippen LogP contribution in [0.25, 0.3) is 10.8 Å². The molecule has 1 N–H and O–H groups in total. The summed E-state index contributed by atoms with van der Waals surface area (Å²) in [5.41, 5.74) is 0.440. The van der Waals surface area contributed by atoms with Gasteiger partial charge in [0, 0.05) is 17.0 Å². The zero-order valence-electron chi connectivity index (χ0n) is 19.4. The first-order valence-corrected chi connectivity index (χ1v) is 11.1. The van der Waals surface area contributed by atoms with Gasteiger partial charge in [-0.05, 0) is 45.0 Å². The van der Waals surface area contributed by atoms with Crippen LogP contribution in [0.5, 0.6) is 17.2 Å². The van der Waals surface area contributed by atoms with Crippen molar-refractivity contribution in [2.45, 2.75) is 32.2 Å². The molecule has 3 aromatic carbocycles. The van der Waals surface area contributed by atoms with Crippen LogP contribution in [0.15, 0.2) is 66.7 Å². The molecule has 178 valence electrons. The van der Waals surface area contributed by atoms with E-state index in [1.165, 1.54) is 6.08 Å². The highest BCUT2D eigenvalue weighted by atomic mass is 16.7. The van der Waals surface area contributed by atoms with E-state index >= 15 is 0 Å². The monoisotopic (exact) mass is 473 g/mol. The van der Waals surface area contributed by atoms with Crippen molar-refractivity contribution in [2.75, 3.05) is 6.54 Å². The van der Waals surface area contributed by atoms with E-state index in [-0.39, 0.29) is 12.3 Å². The number of hydrogen-bond donors (Lipinski definition) is 1. The van der Waals surface area contributed by atoms with Crippen LogP contribution in [-0.4, -0.2) is 30.0 Å². The molecule has 1 heterocycles. The summed E-state index contributed by atoms with van der Waals surface area (Å²) in [4.78, 5) is 36.6. The first-order chi connectivity index (χ1) is 16.7. The number of amides is 1. The molecule has 1 unspecified atom stereocenters. The predicted molar refractivity (Wildman–Crippen MR) is 127 cm³/mol. The molecule has 1 aliphatic heterocycles. The van der Waals surface area contributed by atoms with Crippen molar-refractivity contribution in [3.63, 3.8) is 0 Å². The summed E-state index contributed by atoms with van der Waals surface area (Å²) in [5.74, 6) is -0.747. The van der Waals surface area contributed by atoms with Crippen LogP contribution in [0.3, 0.4) is 0 Å². The molecule has 8 heteroatoms. The van der Waals surface area contributed by atoms with Gasteiger partial charge in [0.25, 0.3) is 5.79 Å². The van der Waals surface area contributed by atoms with E-state index in [9.17, 15) is 14.4 Å². The molecule has 5 rings (SSSR count). The number of carbonyl (C=O) groups excluding carboxylic acids is 3. The second kappa shape index (κ2) is 8.16. The average molecular weight is 473 g/mol. The zero-order chi connectivity index (χ0) is 24.8. The number of nitrogens with one attached hydrogen (secondary N) is 1. The third kappa shape index (κ3) is 4.19. The number of alkyl carbamates (subject to hydrolysis) is 1. The quantitative estimate of drug-likeness (QED) is 0.437. The molecule has 3 aromatic rings. The molecule has 0 radical (unpaired) electrons. The molecule has 8 nitrogen and oxygen atoms in total. The molecule has 1 atom stereocenters. The lowest BCUT2D eigenvalue weighted by Crippen LogP contribution is -2.42. The number of rotatable bonds is 3. The number of allylic oxidation sites excluding steroid dienone is 1. The Hall–Kier alpha value is -4.33. The fourth-order valence-electron chi connectivity index (χ4n) is 4.08. The van der Waals surface area contributed by atoms with Gasteiger partial charge in [-0.1, -0.05) is 36.4 Å². The average Bonchev–Trinajstić information content (AvgIpc) is 2.81. The van der Waals surface area contributed by atoms with Crippen molar-refractivity contribution in [1.29, 1.82) is 0 Å². The van der Waals surface area contributed by atoms with Gasteiger partial charge in [-0.3, -0.25) is 4.79 Å². The molecule has 1 amide bonds. The molecule has 0 fully saturated rings. The van der Waals surface area contributed by atoms with E-state index in [0.717, 1.165) is 0 Å². The largest absolute Gasteiger partial charge is 0.444 e. The number of ether oxygens (including phenoxy) is 4. The van der Waals surface area contributed by atoms with Gasteiger partial charge in [-0.25, -0.2) is 9.59 Å². The maximum absolute atomic E-state index is 12.4. The smallest absolute Gasteiger partial charge is 0.408 e. The van der Waals surface area contributed by atoms with Crippen LogP contribution < -0.4 is 19.5 Å². The number of benzene rings is 3. The topological polar surface area (TPSA) is 100 Å². The molecule has 1 spiro atoms. The van der Waals surface area contributed by atoms with Gasteiger partial charge in [0.2, 0.25) is 0 Å². The zero-order valence-corrected chi connectivity index (χ0v) is 19.4. The maximum atomic E-state index is 12.4. The van der Waals surface area contributed by atoms with Gasteiger partial charge in [0.05, 0.1) is 10.9 Å². The Morgan fingerprint density at radius 1 is 0.971 bits per heavy atom. The van der Waals surface area contributed by atoms with Crippen LogP contribution in [0.1, 0.15) is 36.7 Å². The molecular formula is C27H23NO7. The number of fused-ring (bicyclic) bond motifs is 2. The Morgan fingerprint density at radius 2 is 1.71 bits per heavy atom. The Balaban J connectivity index is 1.41. The molecule has 1 aliphatic carbocycles. The normalized spacial score (nSPS) is 17.9. The van der Waals surface area contributed by atoms with Crippen molar-refractivity contribution < 1.29 is 33.3 Å². The first-order valence-electron chi connectivity index (χ1n) is 11.1. The van der Waals surface area contributed by atoms with Crippen molar-refractivity contribution in [1.82, 2.24) is 5.32 Å². The minimum atomic E-state index is -1.29. The van der Waals surface area contributed by atoms with Gasteiger partial charge in [0.15, 0.2) is 5.78 Å². The predicted octanol–water partition coefficient (Wildman–Crippen LogP) is 4.65. The standard InChI is InChI=1S/C27H23NO7/c1-26(2,3)35-25(31)28-15-23(30)32-20-11-12-22-24-17(20)8-6-10-21(24)33-27(34-22)14-13-19(29)16-7-4-5-9-18(16)27/h4-14H,15H2,1-3H3,(H,28,31). The molecule has 0 saturated heterocycles. The van der Waals surface area contributed by atoms with Gasteiger partial charge >= 0.3 is 12.1 Å². The summed E-state index contributed by atoms with van der Waals surface area (Å²) in [7, 11) is 0. The van der Waals surface area contributed by atoms with Gasteiger partial charge < -0.3 is 24.3 Å². The Morgan fingerprint density at radius 3 is 2.49 bits per heavy atom. The molecule has 2 aliphatic rings. The summed E-state index contributed by atoms with van der Waals surface area (Å²) in [6.45, 7) is 4.83. The maximum Gasteiger partial charge on any atom is 0.408 e. The lowest BCUT2D eigenvalue weighted by Gasteiger charge is -2.39. The first kappa shape index (κ1) is 22.5. The SMILES string of the molecule is CC(C)(C)OC(=O)NCC(=O)Oc1ccc2c3c(cccc13)OC1(C=CC(=O)c3ccccc31)O2. The van der Waals surface area contributed by atoms with E-state index in [4.69, 9.17) is 18.9 Å².